The highest BCUT2D eigenvalue weighted by Crippen LogP contribution is 2.42. The minimum Gasteiger partial charge on any atom is -0.487 e. The van der Waals surface area contributed by atoms with Gasteiger partial charge >= 0.3 is 0 Å². The van der Waals surface area contributed by atoms with Gasteiger partial charge in [-0.05, 0) is 104 Å². The summed E-state index contributed by atoms with van der Waals surface area (Å²) >= 11 is 6.34. The molecule has 5 rings (SSSR count). The second-order valence-electron chi connectivity index (χ2n) is 12.7. The van der Waals surface area contributed by atoms with E-state index in [0.717, 1.165) is 56.4 Å². The summed E-state index contributed by atoms with van der Waals surface area (Å²) in [6.45, 7) is 6.81. The molecule has 0 saturated heterocycles. The number of rotatable bonds is 5. The molecule has 45 heavy (non-hydrogen) atoms. The van der Waals surface area contributed by atoms with Crippen LogP contribution < -0.4 is 14.4 Å². The zero-order valence-corrected chi connectivity index (χ0v) is 28.2. The van der Waals surface area contributed by atoms with E-state index in [4.69, 9.17) is 25.8 Å². The molecule has 3 aliphatic rings. The van der Waals surface area contributed by atoms with Crippen molar-refractivity contribution in [2.75, 3.05) is 38.3 Å². The van der Waals surface area contributed by atoms with Crippen molar-refractivity contribution in [3.8, 4) is 5.75 Å². The molecular weight excluding hydrogens is 612 g/mol. The molecule has 1 fully saturated rings. The fourth-order valence-electron chi connectivity index (χ4n) is 6.78. The number of carbonyl (C=O) groups excluding carboxylic acids is 1. The molecule has 1 N–H and O–H groups in total. The third-order valence-corrected chi connectivity index (χ3v) is 11.7. The molecule has 2 aromatic rings. The van der Waals surface area contributed by atoms with Crippen LogP contribution in [0.2, 0.25) is 5.02 Å². The summed E-state index contributed by atoms with van der Waals surface area (Å²) in [6, 6.07) is 11.2. The number of fused-ring (bicyclic) bond motifs is 3. The number of nitrogens with zero attached hydrogens (tertiary/aromatic N) is 1. The van der Waals surface area contributed by atoms with Crippen LogP contribution in [-0.2, 0) is 32.5 Å². The first kappa shape index (κ1) is 33.8. The van der Waals surface area contributed by atoms with Crippen LogP contribution in [-0.4, -0.2) is 59.1 Å². The molecule has 0 unspecified atom stereocenters. The number of allylic oxidation sites excluding steroid dienone is 1. The monoisotopic (exact) mass is 658 g/mol. The Morgan fingerprint density at radius 3 is 2.67 bits per heavy atom. The number of nitrogens with one attached hydrogen (secondary N) is 1. The highest BCUT2D eigenvalue weighted by Gasteiger charge is 2.38. The Labute approximate surface area is 273 Å². The molecule has 1 aliphatic carbocycles. The van der Waals surface area contributed by atoms with E-state index in [1.165, 1.54) is 5.56 Å². The van der Waals surface area contributed by atoms with Gasteiger partial charge in [0.2, 0.25) is 10.0 Å². The first-order valence-corrected chi connectivity index (χ1v) is 18.2. The lowest BCUT2D eigenvalue weighted by molar-refractivity contribution is -0.0309. The third kappa shape index (κ3) is 8.42. The number of anilines is 1. The van der Waals surface area contributed by atoms with Gasteiger partial charge in [0.25, 0.3) is 5.91 Å². The maximum Gasteiger partial charge on any atom is 0.264 e. The number of hydrogen-bond donors (Lipinski definition) is 1. The summed E-state index contributed by atoms with van der Waals surface area (Å²) in [6.07, 6.45) is 9.91. The second-order valence-corrected chi connectivity index (χ2v) is 15.1. The number of halogens is 1. The van der Waals surface area contributed by atoms with Crippen molar-refractivity contribution in [2.45, 2.75) is 76.8 Å². The van der Waals surface area contributed by atoms with Crippen LogP contribution in [0.3, 0.4) is 0 Å². The van der Waals surface area contributed by atoms with Gasteiger partial charge in [0.15, 0.2) is 0 Å². The summed E-state index contributed by atoms with van der Waals surface area (Å²) in [5.41, 5.74) is 3.38. The lowest BCUT2D eigenvalue weighted by Crippen LogP contribution is -2.44. The van der Waals surface area contributed by atoms with E-state index in [2.05, 4.69) is 21.8 Å². The molecule has 0 spiro atoms. The number of benzene rings is 2. The van der Waals surface area contributed by atoms with E-state index >= 15 is 0 Å². The summed E-state index contributed by atoms with van der Waals surface area (Å²) in [4.78, 5) is 15.8. The quantitative estimate of drug-likeness (QED) is 0.288. The molecule has 2 aromatic carbocycles. The van der Waals surface area contributed by atoms with Crippen molar-refractivity contribution < 1.29 is 27.4 Å². The topological polar surface area (TPSA) is 94.2 Å². The first-order valence-electron chi connectivity index (χ1n) is 16.3. The van der Waals surface area contributed by atoms with Gasteiger partial charge in [-0.3, -0.25) is 4.79 Å². The van der Waals surface area contributed by atoms with Gasteiger partial charge in [-0.25, -0.2) is 13.1 Å². The lowest BCUT2D eigenvalue weighted by Gasteiger charge is -2.44. The Bertz CT molecular complexity index is 1460. The van der Waals surface area contributed by atoms with Crippen molar-refractivity contribution in [3.63, 3.8) is 0 Å². The van der Waals surface area contributed by atoms with Gasteiger partial charge in [0, 0.05) is 30.8 Å². The summed E-state index contributed by atoms with van der Waals surface area (Å²) in [7, 11) is -2.24. The number of hydrogen-bond acceptors (Lipinski definition) is 7. The van der Waals surface area contributed by atoms with Crippen molar-refractivity contribution in [2.24, 2.45) is 17.8 Å². The van der Waals surface area contributed by atoms with Gasteiger partial charge in [-0.1, -0.05) is 43.7 Å². The van der Waals surface area contributed by atoms with Crippen LogP contribution in [0.5, 0.6) is 5.75 Å². The number of methoxy groups -OCH3 is 1. The average molecular weight is 659 g/mol. The Balaban J connectivity index is 1.54. The van der Waals surface area contributed by atoms with E-state index in [1.807, 2.05) is 32.0 Å². The van der Waals surface area contributed by atoms with Gasteiger partial charge in [0.1, 0.15) is 12.4 Å². The highest BCUT2D eigenvalue weighted by atomic mass is 35.5. The summed E-state index contributed by atoms with van der Waals surface area (Å²) in [5, 5.41) is 0.0133. The standard InChI is InChI=1S/C35H47ClN2O6S/c1-4-30-19-24(2)8-14-33(43-18-17-42-3)31-13-10-27(31)22-38-16-6-5-7-25-20-29(36)12-9-28(25)23-44-34-15-11-26(21-32(34)38)35(39)37-45(30,40)41/h8-9,11-12,14-15,20-21,24,27,30-31,33H,4-7,10,13,16-19,22-23H2,1-3H3,(H,37,39)/b14-8+/t24-,27-,30+,31+,33-/m0/s1. The van der Waals surface area contributed by atoms with Crippen LogP contribution in [0.15, 0.2) is 48.6 Å². The van der Waals surface area contributed by atoms with Gasteiger partial charge in [-0.2, -0.15) is 0 Å². The van der Waals surface area contributed by atoms with Crippen LogP contribution >= 0.6 is 11.6 Å². The molecule has 0 aromatic heterocycles. The Morgan fingerprint density at radius 2 is 1.91 bits per heavy atom. The minimum atomic E-state index is -3.91. The van der Waals surface area contributed by atoms with Crippen molar-refractivity contribution >= 4 is 33.2 Å². The second kappa shape index (κ2) is 15.3. The first-order chi connectivity index (χ1) is 21.7. The summed E-state index contributed by atoms with van der Waals surface area (Å²) < 4.78 is 47.4. The highest BCUT2D eigenvalue weighted by molar-refractivity contribution is 7.90. The molecule has 1 saturated carbocycles. The van der Waals surface area contributed by atoms with E-state index < -0.39 is 21.2 Å². The van der Waals surface area contributed by atoms with Gasteiger partial charge < -0.3 is 19.1 Å². The van der Waals surface area contributed by atoms with E-state index in [0.29, 0.717) is 60.8 Å². The molecule has 246 valence electrons. The van der Waals surface area contributed by atoms with Crippen molar-refractivity contribution in [1.29, 1.82) is 0 Å². The number of sulfonamides is 1. The van der Waals surface area contributed by atoms with E-state index in [-0.39, 0.29) is 12.0 Å². The molecule has 2 bridgehead atoms. The Kier molecular flexibility index (Phi) is 11.5. The minimum absolute atomic E-state index is 0.00500. The lowest BCUT2D eigenvalue weighted by atomic mass is 9.70. The molecule has 0 radical (unpaired) electrons. The molecule has 2 aliphatic heterocycles. The number of amides is 1. The molecular formula is C35H47ClN2O6S. The molecule has 5 atom stereocenters. The Morgan fingerprint density at radius 1 is 1.07 bits per heavy atom. The van der Waals surface area contributed by atoms with Gasteiger partial charge in [0.05, 0.1) is 30.3 Å². The SMILES string of the molecule is CC[C@@H]1C[C@@H](C)/C=C/[C@H](OCCOC)[C@@H]2CC[C@H]2CN2CCCCc3cc(Cl)ccc3COc3ccc(cc32)C(=O)NS1(=O)=O. The fourth-order valence-corrected chi connectivity index (χ4v) is 8.52. The molecule has 10 heteroatoms. The van der Waals surface area contributed by atoms with E-state index in [1.54, 1.807) is 25.3 Å². The maximum absolute atomic E-state index is 13.5. The summed E-state index contributed by atoms with van der Waals surface area (Å²) in [5.74, 6) is 0.760. The number of aryl methyl sites for hydroxylation is 1. The number of carbonyl (C=O) groups is 1. The normalized spacial score (nSPS) is 27.9. The average Bonchev–Trinajstić information content (AvgIpc) is 3.03. The molecule has 2 heterocycles. The molecule has 1 amide bonds. The van der Waals surface area contributed by atoms with Crippen molar-refractivity contribution in [3.05, 3.63) is 70.3 Å². The largest absolute Gasteiger partial charge is 0.487 e. The maximum atomic E-state index is 13.5. The van der Waals surface area contributed by atoms with Crippen LogP contribution in [0.4, 0.5) is 5.69 Å². The van der Waals surface area contributed by atoms with Crippen LogP contribution in [0.1, 0.15) is 73.9 Å². The zero-order chi connectivity index (χ0) is 32.0. The van der Waals surface area contributed by atoms with Crippen LogP contribution in [0, 0.1) is 17.8 Å². The predicted molar refractivity (Wildman–Crippen MR) is 179 cm³/mol. The van der Waals surface area contributed by atoms with Gasteiger partial charge in [-0.15, -0.1) is 0 Å². The third-order valence-electron chi connectivity index (χ3n) is 9.58. The Hall–Kier alpha value is -2.59. The predicted octanol–water partition coefficient (Wildman–Crippen LogP) is 6.55. The zero-order valence-electron chi connectivity index (χ0n) is 26.7. The van der Waals surface area contributed by atoms with Crippen LogP contribution in [0.25, 0.3) is 0 Å². The smallest absolute Gasteiger partial charge is 0.264 e. The van der Waals surface area contributed by atoms with E-state index in [9.17, 15) is 13.2 Å². The molecule has 8 nitrogen and oxygen atoms in total. The fraction of sp³-hybridized carbons (Fsp3) is 0.571. The number of ether oxygens (including phenoxy) is 3. The van der Waals surface area contributed by atoms with Crippen molar-refractivity contribution in [1.82, 2.24) is 4.72 Å².